The van der Waals surface area contributed by atoms with Crippen LogP contribution in [0.4, 0.5) is 5.69 Å². The Kier molecular flexibility index (Phi) is 6.39. The number of ether oxygens (including phenoxy) is 1. The number of aliphatic hydroxyl groups excluding tert-OH is 1. The zero-order valence-electron chi connectivity index (χ0n) is 19.4. The van der Waals surface area contributed by atoms with Crippen molar-refractivity contribution >= 4 is 5.69 Å². The second kappa shape index (κ2) is 9.58. The molecule has 0 bridgehead atoms. The monoisotopic (exact) mass is 442 g/mol. The highest BCUT2D eigenvalue weighted by Gasteiger charge is 2.50. The van der Waals surface area contributed by atoms with Crippen LogP contribution in [0.5, 0.6) is 5.75 Å². The second-order valence-electron chi connectivity index (χ2n) is 9.41. The number of hydrogen-bond acceptors (Lipinski definition) is 4. The molecule has 172 valence electrons. The van der Waals surface area contributed by atoms with Gasteiger partial charge in [-0.3, -0.25) is 4.90 Å². The maximum Gasteiger partial charge on any atom is 0.142 e. The largest absolute Gasteiger partial charge is 0.495 e. The van der Waals surface area contributed by atoms with Gasteiger partial charge in [0, 0.05) is 38.1 Å². The van der Waals surface area contributed by atoms with Crippen molar-refractivity contribution in [2.75, 3.05) is 44.7 Å². The Balaban J connectivity index is 1.30. The molecule has 0 radical (unpaired) electrons. The van der Waals surface area contributed by atoms with Crippen molar-refractivity contribution in [3.05, 3.63) is 96.1 Å². The van der Waals surface area contributed by atoms with Crippen LogP contribution >= 0.6 is 0 Å². The van der Waals surface area contributed by atoms with Crippen molar-refractivity contribution in [2.24, 2.45) is 5.92 Å². The maximum atomic E-state index is 11.8. The molecule has 1 aliphatic carbocycles. The number of aliphatic hydroxyl groups is 1. The number of anilines is 1. The van der Waals surface area contributed by atoms with E-state index in [0.29, 0.717) is 0 Å². The highest BCUT2D eigenvalue weighted by atomic mass is 16.5. The Morgan fingerprint density at radius 2 is 1.39 bits per heavy atom. The smallest absolute Gasteiger partial charge is 0.142 e. The second-order valence-corrected chi connectivity index (χ2v) is 9.41. The molecule has 5 rings (SSSR count). The van der Waals surface area contributed by atoms with E-state index in [9.17, 15) is 5.11 Å². The quantitative estimate of drug-likeness (QED) is 0.607. The zero-order valence-corrected chi connectivity index (χ0v) is 19.4. The molecule has 1 saturated heterocycles. The minimum atomic E-state index is -0.394. The summed E-state index contributed by atoms with van der Waals surface area (Å²) >= 11 is 0. The van der Waals surface area contributed by atoms with Crippen molar-refractivity contribution in [1.82, 2.24) is 4.90 Å². The number of nitrogens with zero attached hydrogens (tertiary/aromatic N) is 2. The fourth-order valence-corrected chi connectivity index (χ4v) is 5.97. The number of hydrogen-bond donors (Lipinski definition) is 1. The zero-order chi connectivity index (χ0) is 22.7. The molecule has 3 aromatic rings. The molecule has 4 heteroatoms. The van der Waals surface area contributed by atoms with Crippen LogP contribution in [0.1, 0.15) is 24.0 Å². The van der Waals surface area contributed by atoms with E-state index in [1.165, 1.54) is 16.8 Å². The minimum absolute atomic E-state index is 0.267. The molecule has 1 heterocycles. The molecule has 2 atom stereocenters. The molecule has 0 aromatic heterocycles. The molecule has 0 spiro atoms. The first kappa shape index (κ1) is 22.0. The molecule has 2 aliphatic rings. The van der Waals surface area contributed by atoms with Gasteiger partial charge in [-0.2, -0.15) is 0 Å². The van der Waals surface area contributed by atoms with Gasteiger partial charge in [0.1, 0.15) is 5.75 Å². The molecule has 3 aromatic carbocycles. The average Bonchev–Trinajstić information content (AvgIpc) is 3.22. The topological polar surface area (TPSA) is 35.9 Å². The van der Waals surface area contributed by atoms with Crippen molar-refractivity contribution in [3.8, 4) is 5.75 Å². The molecular weight excluding hydrogens is 408 g/mol. The van der Waals surface area contributed by atoms with Gasteiger partial charge in [0.05, 0.1) is 18.9 Å². The summed E-state index contributed by atoms with van der Waals surface area (Å²) in [6, 6.07) is 29.5. The summed E-state index contributed by atoms with van der Waals surface area (Å²) < 4.78 is 5.57. The first-order valence-corrected chi connectivity index (χ1v) is 12.1. The van der Waals surface area contributed by atoms with Gasteiger partial charge in [-0.15, -0.1) is 0 Å². The van der Waals surface area contributed by atoms with Gasteiger partial charge in [0.2, 0.25) is 0 Å². The molecule has 1 N–H and O–H groups in total. The number of benzene rings is 3. The van der Waals surface area contributed by atoms with Crippen molar-refractivity contribution in [3.63, 3.8) is 0 Å². The summed E-state index contributed by atoms with van der Waals surface area (Å²) in [5.41, 5.74) is 3.30. The van der Waals surface area contributed by atoms with Crippen LogP contribution in [0.15, 0.2) is 84.9 Å². The standard InChI is InChI=1S/C29H34N2O2/c1-33-27-15-9-8-14-26(27)31-20-18-30(19-21-31)22-23-16-17-29(28(23)32,24-10-4-2-5-11-24)25-12-6-3-7-13-25/h2-15,23,28,32H,16-22H2,1H3. The fourth-order valence-electron chi connectivity index (χ4n) is 5.97. The first-order chi connectivity index (χ1) is 16.2. The number of piperazine rings is 1. The highest BCUT2D eigenvalue weighted by Crippen LogP contribution is 2.49. The number of para-hydroxylation sites is 2. The Bertz CT molecular complexity index is 992. The molecule has 4 nitrogen and oxygen atoms in total. The Hall–Kier alpha value is -2.82. The summed E-state index contributed by atoms with van der Waals surface area (Å²) in [7, 11) is 1.74. The third kappa shape index (κ3) is 4.14. The molecule has 2 unspecified atom stereocenters. The molecular formula is C29H34N2O2. The van der Waals surface area contributed by atoms with Crippen LogP contribution in [-0.4, -0.2) is 55.9 Å². The van der Waals surface area contributed by atoms with Gasteiger partial charge in [-0.05, 0) is 42.0 Å². The van der Waals surface area contributed by atoms with Crippen molar-refractivity contribution in [1.29, 1.82) is 0 Å². The molecule has 1 saturated carbocycles. The summed E-state index contributed by atoms with van der Waals surface area (Å²) in [6.45, 7) is 4.91. The lowest BCUT2D eigenvalue weighted by Crippen LogP contribution is -2.49. The molecule has 0 amide bonds. The predicted octanol–water partition coefficient (Wildman–Crippen LogP) is 4.57. The van der Waals surface area contributed by atoms with Gasteiger partial charge in [-0.25, -0.2) is 0 Å². The predicted molar refractivity (Wildman–Crippen MR) is 134 cm³/mol. The van der Waals surface area contributed by atoms with Gasteiger partial charge in [-0.1, -0.05) is 72.8 Å². The summed E-state index contributed by atoms with van der Waals surface area (Å²) in [6.07, 6.45) is 1.63. The van der Waals surface area contributed by atoms with E-state index in [1.54, 1.807) is 7.11 Å². The molecule has 33 heavy (non-hydrogen) atoms. The number of rotatable bonds is 6. The fraction of sp³-hybridized carbons (Fsp3) is 0.379. The highest BCUT2D eigenvalue weighted by molar-refractivity contribution is 5.58. The number of methoxy groups -OCH3 is 1. The van der Waals surface area contributed by atoms with Crippen LogP contribution in [0.2, 0.25) is 0 Å². The first-order valence-electron chi connectivity index (χ1n) is 12.1. The van der Waals surface area contributed by atoms with E-state index < -0.39 is 6.10 Å². The van der Waals surface area contributed by atoms with Crippen LogP contribution in [-0.2, 0) is 5.41 Å². The van der Waals surface area contributed by atoms with E-state index >= 15 is 0 Å². The Labute approximate surface area is 197 Å². The average molecular weight is 443 g/mol. The van der Waals surface area contributed by atoms with Crippen molar-refractivity contribution in [2.45, 2.75) is 24.4 Å². The molecule has 1 aliphatic heterocycles. The maximum absolute atomic E-state index is 11.8. The summed E-state index contributed by atoms with van der Waals surface area (Å²) in [4.78, 5) is 4.95. The third-order valence-electron chi connectivity index (χ3n) is 7.73. The lowest BCUT2D eigenvalue weighted by molar-refractivity contribution is 0.0652. The third-order valence-corrected chi connectivity index (χ3v) is 7.73. The van der Waals surface area contributed by atoms with Crippen LogP contribution in [0.3, 0.4) is 0 Å². The van der Waals surface area contributed by atoms with Crippen molar-refractivity contribution < 1.29 is 9.84 Å². The van der Waals surface area contributed by atoms with E-state index in [0.717, 1.165) is 51.3 Å². The van der Waals surface area contributed by atoms with Gasteiger partial charge >= 0.3 is 0 Å². The van der Waals surface area contributed by atoms with E-state index in [4.69, 9.17) is 4.74 Å². The normalized spacial score (nSPS) is 22.9. The summed E-state index contributed by atoms with van der Waals surface area (Å²) in [5, 5.41) is 11.8. The lowest BCUT2D eigenvalue weighted by atomic mass is 9.71. The van der Waals surface area contributed by atoms with Crippen LogP contribution < -0.4 is 9.64 Å². The van der Waals surface area contributed by atoms with E-state index in [1.807, 2.05) is 12.1 Å². The van der Waals surface area contributed by atoms with Gasteiger partial charge in [0.15, 0.2) is 0 Å². The molecule has 2 fully saturated rings. The van der Waals surface area contributed by atoms with E-state index in [2.05, 4.69) is 82.6 Å². The lowest BCUT2D eigenvalue weighted by Gasteiger charge is -2.39. The van der Waals surface area contributed by atoms with Crippen LogP contribution in [0.25, 0.3) is 0 Å². The SMILES string of the molecule is COc1ccccc1N1CCN(CC2CCC(c3ccccc3)(c3ccccc3)C2O)CC1. The Morgan fingerprint density at radius 3 is 2.00 bits per heavy atom. The van der Waals surface area contributed by atoms with E-state index in [-0.39, 0.29) is 11.3 Å². The van der Waals surface area contributed by atoms with Gasteiger partial charge in [0.25, 0.3) is 0 Å². The van der Waals surface area contributed by atoms with Crippen LogP contribution in [0, 0.1) is 5.92 Å². The minimum Gasteiger partial charge on any atom is -0.495 e. The van der Waals surface area contributed by atoms with Gasteiger partial charge < -0.3 is 14.7 Å². The summed E-state index contributed by atoms with van der Waals surface area (Å²) in [5.74, 6) is 1.20. The Morgan fingerprint density at radius 1 is 0.818 bits per heavy atom.